The van der Waals surface area contributed by atoms with Crippen LogP contribution in [0, 0.1) is 0 Å². The molecule has 2 aromatic rings. The first-order chi connectivity index (χ1) is 9.85. The van der Waals surface area contributed by atoms with Gasteiger partial charge in [0, 0.05) is 0 Å². The van der Waals surface area contributed by atoms with Gasteiger partial charge in [-0.1, -0.05) is 31.5 Å². The van der Waals surface area contributed by atoms with Gasteiger partial charge in [-0.15, -0.1) is 0 Å². The van der Waals surface area contributed by atoms with Crippen molar-refractivity contribution in [2.45, 2.75) is 45.6 Å². The highest BCUT2D eigenvalue weighted by Gasteiger charge is 2.15. The molecule has 3 nitrogen and oxygen atoms in total. The zero-order valence-corrected chi connectivity index (χ0v) is 12.5. The van der Waals surface area contributed by atoms with Gasteiger partial charge < -0.3 is 4.74 Å². The van der Waals surface area contributed by atoms with Gasteiger partial charge >= 0.3 is 0 Å². The van der Waals surface area contributed by atoms with Gasteiger partial charge in [0.25, 0.3) is 0 Å². The lowest BCUT2D eigenvalue weighted by atomic mass is 10.0. The Morgan fingerprint density at radius 2 is 2.05 bits per heavy atom. The molecule has 0 saturated heterocycles. The van der Waals surface area contributed by atoms with Gasteiger partial charge in [0.2, 0.25) is 6.33 Å². The molecule has 0 radical (unpaired) electrons. The van der Waals surface area contributed by atoms with E-state index >= 15 is 0 Å². The summed E-state index contributed by atoms with van der Waals surface area (Å²) in [4.78, 5) is 3.14. The monoisotopic (exact) mass is 273 g/mol. The molecule has 3 heteroatoms. The maximum absolute atomic E-state index is 5.71. The Bertz CT molecular complexity index is 493. The van der Waals surface area contributed by atoms with Gasteiger partial charge in [0.15, 0.2) is 0 Å². The molecule has 0 aliphatic heterocycles. The summed E-state index contributed by atoms with van der Waals surface area (Å²) in [6.45, 7) is 5.00. The van der Waals surface area contributed by atoms with Gasteiger partial charge in [-0.25, -0.2) is 4.57 Å². The third-order valence-electron chi connectivity index (χ3n) is 3.63. The number of rotatable bonds is 8. The highest BCUT2D eigenvalue weighted by atomic mass is 16.5. The van der Waals surface area contributed by atoms with Crippen molar-refractivity contribution < 1.29 is 9.30 Å². The Morgan fingerprint density at radius 1 is 1.20 bits per heavy atom. The summed E-state index contributed by atoms with van der Waals surface area (Å²) in [7, 11) is 0. The summed E-state index contributed by atoms with van der Waals surface area (Å²) in [5.74, 6) is 1.03. The first-order valence-electron chi connectivity index (χ1n) is 7.59. The number of ether oxygens (including phenoxy) is 1. The number of aryl methyl sites for hydroxylation is 1. The van der Waals surface area contributed by atoms with Gasteiger partial charge in [0.05, 0.1) is 6.61 Å². The Kier molecular flexibility index (Phi) is 5.66. The standard InChI is InChI=1S/C17H24N2O/c1-3-7-16(19-13-12-18-14-19)11-10-15-8-5-6-9-17(15)20-4-2/h5-6,8-9,12-14,16H,3-4,7,10-11H2,1-2H3/p+1. The number of imidazole rings is 1. The third-order valence-corrected chi connectivity index (χ3v) is 3.63. The van der Waals surface area contributed by atoms with Crippen molar-refractivity contribution >= 4 is 0 Å². The lowest BCUT2D eigenvalue weighted by Crippen LogP contribution is -2.37. The van der Waals surface area contributed by atoms with Crippen LogP contribution in [-0.2, 0) is 6.42 Å². The molecule has 1 heterocycles. The van der Waals surface area contributed by atoms with E-state index in [1.807, 2.05) is 19.2 Å². The summed E-state index contributed by atoms with van der Waals surface area (Å²) in [6.07, 6.45) is 10.8. The Morgan fingerprint density at radius 3 is 2.75 bits per heavy atom. The van der Waals surface area contributed by atoms with Crippen LogP contribution in [0.5, 0.6) is 5.75 Å². The molecule has 20 heavy (non-hydrogen) atoms. The number of hydrogen-bond acceptors (Lipinski definition) is 1. The lowest BCUT2D eigenvalue weighted by molar-refractivity contribution is -0.723. The van der Waals surface area contributed by atoms with E-state index in [1.54, 1.807) is 0 Å². The first-order valence-corrected chi connectivity index (χ1v) is 7.59. The van der Waals surface area contributed by atoms with Crippen LogP contribution < -0.4 is 9.30 Å². The molecule has 1 aromatic heterocycles. The van der Waals surface area contributed by atoms with Crippen molar-refractivity contribution in [3.63, 3.8) is 0 Å². The van der Waals surface area contributed by atoms with E-state index in [1.165, 1.54) is 18.4 Å². The number of benzene rings is 1. The summed E-state index contributed by atoms with van der Waals surface area (Å²) < 4.78 is 7.99. The molecule has 0 saturated carbocycles. The molecule has 0 spiro atoms. The second-order valence-electron chi connectivity index (χ2n) is 5.08. The number of aromatic amines is 1. The van der Waals surface area contributed by atoms with Gasteiger partial charge in [-0.2, -0.15) is 0 Å². The number of para-hydroxylation sites is 1. The number of aromatic nitrogens is 2. The molecule has 0 aliphatic carbocycles. The van der Waals surface area contributed by atoms with Gasteiger partial charge in [0.1, 0.15) is 24.2 Å². The van der Waals surface area contributed by atoms with Crippen molar-refractivity contribution in [2.24, 2.45) is 0 Å². The van der Waals surface area contributed by atoms with Gasteiger partial charge in [-0.05, 0) is 37.8 Å². The third kappa shape index (κ3) is 3.86. The van der Waals surface area contributed by atoms with Crippen LogP contribution in [0.15, 0.2) is 43.0 Å². The molecule has 0 amide bonds. The lowest BCUT2D eigenvalue weighted by Gasteiger charge is -2.14. The topological polar surface area (TPSA) is 28.9 Å². The molecule has 0 fully saturated rings. The van der Waals surface area contributed by atoms with Gasteiger partial charge in [-0.3, -0.25) is 4.98 Å². The van der Waals surface area contributed by atoms with Crippen LogP contribution >= 0.6 is 0 Å². The fourth-order valence-corrected chi connectivity index (χ4v) is 2.63. The maximum atomic E-state index is 5.71. The Labute approximate surface area is 121 Å². The fraction of sp³-hybridized carbons (Fsp3) is 0.471. The maximum Gasteiger partial charge on any atom is 0.241 e. The normalized spacial score (nSPS) is 12.3. The number of H-pyrrole nitrogens is 1. The fourth-order valence-electron chi connectivity index (χ4n) is 2.63. The number of nitrogens with zero attached hydrogens (tertiary/aromatic N) is 1. The Hall–Kier alpha value is -1.77. The van der Waals surface area contributed by atoms with Crippen molar-refractivity contribution in [3.8, 4) is 5.75 Å². The minimum atomic E-state index is 0.556. The predicted octanol–water partition coefficient (Wildman–Crippen LogP) is 3.67. The van der Waals surface area contributed by atoms with Crippen LogP contribution in [0.4, 0.5) is 0 Å². The number of hydrogen-bond donors (Lipinski definition) is 1. The predicted molar refractivity (Wildman–Crippen MR) is 80.9 cm³/mol. The molecule has 1 unspecified atom stereocenters. The molecule has 1 N–H and O–H groups in total. The molecule has 0 aliphatic rings. The van der Waals surface area contributed by atoms with E-state index in [9.17, 15) is 0 Å². The van der Waals surface area contributed by atoms with Crippen molar-refractivity contribution in [3.05, 3.63) is 48.5 Å². The summed E-state index contributed by atoms with van der Waals surface area (Å²) >= 11 is 0. The van der Waals surface area contributed by atoms with E-state index in [0.29, 0.717) is 6.04 Å². The van der Waals surface area contributed by atoms with Crippen molar-refractivity contribution in [1.29, 1.82) is 0 Å². The van der Waals surface area contributed by atoms with Crippen LogP contribution in [0.25, 0.3) is 0 Å². The second kappa shape index (κ2) is 7.73. The SMILES string of the molecule is CCCC(CCc1ccccc1OCC)[n+]1cc[nH]c1. The zero-order valence-electron chi connectivity index (χ0n) is 12.5. The molecule has 0 bridgehead atoms. The molecule has 1 atom stereocenters. The molecule has 2 rings (SSSR count). The molecular formula is C17H25N2O+. The highest BCUT2D eigenvalue weighted by molar-refractivity contribution is 5.33. The van der Waals surface area contributed by atoms with Crippen LogP contribution in [0.3, 0.4) is 0 Å². The molecule has 108 valence electrons. The van der Waals surface area contributed by atoms with Crippen molar-refractivity contribution in [2.75, 3.05) is 6.61 Å². The van der Waals surface area contributed by atoms with E-state index in [0.717, 1.165) is 25.2 Å². The summed E-state index contributed by atoms with van der Waals surface area (Å²) in [5.41, 5.74) is 1.31. The minimum Gasteiger partial charge on any atom is -0.494 e. The second-order valence-corrected chi connectivity index (χ2v) is 5.08. The zero-order chi connectivity index (χ0) is 14.2. The smallest absolute Gasteiger partial charge is 0.241 e. The molecule has 1 aromatic carbocycles. The van der Waals surface area contributed by atoms with E-state index < -0.39 is 0 Å². The average molecular weight is 273 g/mol. The first kappa shape index (κ1) is 14.6. The average Bonchev–Trinajstić information content (AvgIpc) is 2.99. The summed E-state index contributed by atoms with van der Waals surface area (Å²) in [5, 5.41) is 0. The van der Waals surface area contributed by atoms with Crippen LogP contribution in [-0.4, -0.2) is 11.6 Å². The minimum absolute atomic E-state index is 0.556. The van der Waals surface area contributed by atoms with Crippen molar-refractivity contribution in [1.82, 2.24) is 4.98 Å². The van der Waals surface area contributed by atoms with E-state index in [2.05, 4.69) is 47.2 Å². The largest absolute Gasteiger partial charge is 0.494 e. The van der Waals surface area contributed by atoms with Crippen LogP contribution in [0.1, 0.15) is 44.7 Å². The quantitative estimate of drug-likeness (QED) is 0.730. The Balaban J connectivity index is 2.02. The van der Waals surface area contributed by atoms with E-state index in [4.69, 9.17) is 4.74 Å². The van der Waals surface area contributed by atoms with E-state index in [-0.39, 0.29) is 0 Å². The summed E-state index contributed by atoms with van der Waals surface area (Å²) in [6, 6.07) is 8.93. The van der Waals surface area contributed by atoms with Crippen LogP contribution in [0.2, 0.25) is 0 Å². The highest BCUT2D eigenvalue weighted by Crippen LogP contribution is 2.22. The molecular weight excluding hydrogens is 248 g/mol. The number of nitrogens with one attached hydrogen (secondary N) is 1.